The molecule has 0 saturated heterocycles. The largest absolute Gasteiger partial charge is 0.388 e. The van der Waals surface area contributed by atoms with E-state index in [4.69, 9.17) is 0 Å². The maximum absolute atomic E-state index is 10.4. The van der Waals surface area contributed by atoms with Crippen molar-refractivity contribution in [2.45, 2.75) is 53.6 Å². The summed E-state index contributed by atoms with van der Waals surface area (Å²) >= 11 is 0. The van der Waals surface area contributed by atoms with Gasteiger partial charge >= 0.3 is 0 Å². The van der Waals surface area contributed by atoms with E-state index in [2.05, 4.69) is 52.8 Å². The van der Waals surface area contributed by atoms with E-state index in [1.807, 2.05) is 0 Å². The number of aliphatic hydroxyl groups is 1. The van der Waals surface area contributed by atoms with Gasteiger partial charge in [0.1, 0.15) is 0 Å². The fourth-order valence-corrected chi connectivity index (χ4v) is 1.91. The molecule has 1 aromatic carbocycles. The second-order valence-corrected chi connectivity index (χ2v) is 5.51. The van der Waals surface area contributed by atoms with Gasteiger partial charge in [0.2, 0.25) is 0 Å². The molecule has 0 fully saturated rings. The van der Waals surface area contributed by atoms with Crippen molar-refractivity contribution in [3.05, 3.63) is 34.9 Å². The number of aryl methyl sites for hydroxylation is 2. The molecule has 0 aliphatic heterocycles. The van der Waals surface area contributed by atoms with E-state index >= 15 is 0 Å². The third-order valence-electron chi connectivity index (χ3n) is 3.11. The Morgan fingerprint density at radius 1 is 1.12 bits per heavy atom. The summed E-state index contributed by atoms with van der Waals surface area (Å²) in [5.74, 6) is 0. The molecule has 1 unspecified atom stereocenters. The normalized spacial score (nSPS) is 13.9. The lowest BCUT2D eigenvalue weighted by Gasteiger charge is -2.28. The Balaban J connectivity index is 3.18. The van der Waals surface area contributed by atoms with E-state index in [-0.39, 0.29) is 11.5 Å². The van der Waals surface area contributed by atoms with Gasteiger partial charge in [0, 0.05) is 0 Å². The molecule has 1 N–H and O–H groups in total. The molecule has 0 saturated carbocycles. The third-order valence-corrected chi connectivity index (χ3v) is 3.11. The van der Waals surface area contributed by atoms with Crippen LogP contribution in [0.5, 0.6) is 0 Å². The van der Waals surface area contributed by atoms with E-state index in [0.29, 0.717) is 0 Å². The number of rotatable bonds is 3. The molecule has 1 nitrogen and oxygen atoms in total. The fourth-order valence-electron chi connectivity index (χ4n) is 1.91. The number of aliphatic hydroxyl groups excluding tert-OH is 1. The Bertz CT molecular complexity index is 347. The number of hydrogen-bond acceptors (Lipinski definition) is 1. The standard InChI is InChI=1S/C15H24O/c1-6-11-8-9-12(7-2)13(10-11)14(16)15(3,4)5/h8-10,14,16H,6-7H2,1-5H3. The van der Waals surface area contributed by atoms with Crippen molar-refractivity contribution >= 4 is 0 Å². The zero-order valence-electron chi connectivity index (χ0n) is 11.2. The zero-order valence-corrected chi connectivity index (χ0v) is 11.2. The second kappa shape index (κ2) is 5.01. The number of benzene rings is 1. The smallest absolute Gasteiger partial charge is 0.0841 e. The topological polar surface area (TPSA) is 20.2 Å². The van der Waals surface area contributed by atoms with Crippen LogP contribution in [-0.2, 0) is 12.8 Å². The van der Waals surface area contributed by atoms with Crippen LogP contribution in [0, 0.1) is 5.41 Å². The Morgan fingerprint density at radius 2 is 1.75 bits per heavy atom. The Kier molecular flexibility index (Phi) is 4.15. The van der Waals surface area contributed by atoms with Gasteiger partial charge < -0.3 is 5.11 Å². The monoisotopic (exact) mass is 220 g/mol. The third kappa shape index (κ3) is 2.85. The summed E-state index contributed by atoms with van der Waals surface area (Å²) in [4.78, 5) is 0. The molecule has 1 rings (SSSR count). The van der Waals surface area contributed by atoms with Crippen LogP contribution in [0.4, 0.5) is 0 Å². The highest BCUT2D eigenvalue weighted by atomic mass is 16.3. The number of hydrogen-bond donors (Lipinski definition) is 1. The van der Waals surface area contributed by atoms with Crippen molar-refractivity contribution in [1.82, 2.24) is 0 Å². The van der Waals surface area contributed by atoms with Gasteiger partial charge in [0.15, 0.2) is 0 Å². The fraction of sp³-hybridized carbons (Fsp3) is 0.600. The molecule has 0 aromatic heterocycles. The highest BCUT2D eigenvalue weighted by Gasteiger charge is 2.25. The van der Waals surface area contributed by atoms with Crippen molar-refractivity contribution in [2.24, 2.45) is 5.41 Å². The first-order valence-electron chi connectivity index (χ1n) is 6.19. The van der Waals surface area contributed by atoms with Crippen LogP contribution >= 0.6 is 0 Å². The highest BCUT2D eigenvalue weighted by Crippen LogP contribution is 2.34. The van der Waals surface area contributed by atoms with Crippen LogP contribution in [0.1, 0.15) is 57.4 Å². The molecule has 90 valence electrons. The summed E-state index contributed by atoms with van der Waals surface area (Å²) in [7, 11) is 0. The van der Waals surface area contributed by atoms with Crippen molar-refractivity contribution < 1.29 is 5.11 Å². The average molecular weight is 220 g/mol. The SMILES string of the molecule is CCc1ccc(CC)c(C(O)C(C)(C)C)c1. The van der Waals surface area contributed by atoms with Gasteiger partial charge in [-0.3, -0.25) is 0 Å². The van der Waals surface area contributed by atoms with Gasteiger partial charge in [-0.2, -0.15) is 0 Å². The first-order valence-corrected chi connectivity index (χ1v) is 6.19. The summed E-state index contributed by atoms with van der Waals surface area (Å²) in [6, 6.07) is 6.48. The maximum Gasteiger partial charge on any atom is 0.0841 e. The minimum atomic E-state index is -0.381. The molecule has 0 radical (unpaired) electrons. The van der Waals surface area contributed by atoms with Crippen LogP contribution in [0.2, 0.25) is 0 Å². The van der Waals surface area contributed by atoms with Crippen molar-refractivity contribution in [2.75, 3.05) is 0 Å². The molecule has 1 atom stereocenters. The Morgan fingerprint density at radius 3 is 2.19 bits per heavy atom. The zero-order chi connectivity index (χ0) is 12.3. The van der Waals surface area contributed by atoms with E-state index in [1.165, 1.54) is 11.1 Å². The predicted octanol–water partition coefficient (Wildman–Crippen LogP) is 3.89. The minimum absolute atomic E-state index is 0.101. The van der Waals surface area contributed by atoms with Gasteiger partial charge in [-0.25, -0.2) is 0 Å². The molecule has 0 aliphatic rings. The molecular weight excluding hydrogens is 196 g/mol. The van der Waals surface area contributed by atoms with Gasteiger partial charge in [-0.1, -0.05) is 52.8 Å². The first kappa shape index (κ1) is 13.2. The molecular formula is C15H24O. The van der Waals surface area contributed by atoms with Crippen LogP contribution in [0.15, 0.2) is 18.2 Å². The minimum Gasteiger partial charge on any atom is -0.388 e. The quantitative estimate of drug-likeness (QED) is 0.819. The van der Waals surface area contributed by atoms with Crippen LogP contribution in [0.25, 0.3) is 0 Å². The second-order valence-electron chi connectivity index (χ2n) is 5.51. The molecule has 1 aromatic rings. The van der Waals surface area contributed by atoms with Gasteiger partial charge in [-0.15, -0.1) is 0 Å². The summed E-state index contributed by atoms with van der Waals surface area (Å²) in [5, 5.41) is 10.4. The lowest BCUT2D eigenvalue weighted by molar-refractivity contribution is 0.0619. The van der Waals surface area contributed by atoms with Crippen molar-refractivity contribution in [3.63, 3.8) is 0 Å². The molecule has 0 spiro atoms. The first-order chi connectivity index (χ1) is 7.40. The Hall–Kier alpha value is -0.820. The lowest BCUT2D eigenvalue weighted by Crippen LogP contribution is -2.19. The van der Waals surface area contributed by atoms with Crippen LogP contribution < -0.4 is 0 Å². The van der Waals surface area contributed by atoms with Crippen LogP contribution in [-0.4, -0.2) is 5.11 Å². The molecule has 16 heavy (non-hydrogen) atoms. The summed E-state index contributed by atoms with van der Waals surface area (Å²) in [6.45, 7) is 10.5. The highest BCUT2D eigenvalue weighted by molar-refractivity contribution is 5.34. The van der Waals surface area contributed by atoms with Gasteiger partial charge in [0.05, 0.1) is 6.10 Å². The summed E-state index contributed by atoms with van der Waals surface area (Å²) in [5.41, 5.74) is 3.57. The maximum atomic E-state index is 10.4. The van der Waals surface area contributed by atoms with Crippen molar-refractivity contribution in [1.29, 1.82) is 0 Å². The average Bonchev–Trinajstić information content (AvgIpc) is 2.25. The predicted molar refractivity (Wildman–Crippen MR) is 69.6 cm³/mol. The van der Waals surface area contributed by atoms with Gasteiger partial charge in [-0.05, 0) is 34.9 Å². The molecule has 0 heterocycles. The van der Waals surface area contributed by atoms with E-state index < -0.39 is 0 Å². The van der Waals surface area contributed by atoms with E-state index in [9.17, 15) is 5.11 Å². The van der Waals surface area contributed by atoms with E-state index in [0.717, 1.165) is 18.4 Å². The van der Waals surface area contributed by atoms with Gasteiger partial charge in [0.25, 0.3) is 0 Å². The van der Waals surface area contributed by atoms with Crippen molar-refractivity contribution in [3.8, 4) is 0 Å². The summed E-state index contributed by atoms with van der Waals surface area (Å²) < 4.78 is 0. The molecule has 1 heteroatoms. The molecule has 0 amide bonds. The van der Waals surface area contributed by atoms with Crippen LogP contribution in [0.3, 0.4) is 0 Å². The van der Waals surface area contributed by atoms with E-state index in [1.54, 1.807) is 0 Å². The summed E-state index contributed by atoms with van der Waals surface area (Å²) in [6.07, 6.45) is 1.62. The lowest BCUT2D eigenvalue weighted by atomic mass is 9.82. The molecule has 0 aliphatic carbocycles. The Labute approximate surface area is 99.5 Å². The molecule has 0 bridgehead atoms.